The van der Waals surface area contributed by atoms with Crippen LogP contribution in [0.3, 0.4) is 0 Å². The van der Waals surface area contributed by atoms with Gasteiger partial charge in [-0.3, -0.25) is 4.99 Å². The predicted octanol–water partition coefficient (Wildman–Crippen LogP) is 3.78. The number of para-hydroxylation sites is 2. The van der Waals surface area contributed by atoms with Crippen molar-refractivity contribution in [3.8, 4) is 5.75 Å². The summed E-state index contributed by atoms with van der Waals surface area (Å²) in [5.74, 6) is 3.08. The Balaban J connectivity index is 0.00000289. The molecule has 0 amide bonds. The first-order chi connectivity index (χ1) is 15.1. The fraction of sp³-hybridized carbons (Fsp3) is 0.417. The molecule has 0 spiro atoms. The summed E-state index contributed by atoms with van der Waals surface area (Å²) >= 11 is 0. The third kappa shape index (κ3) is 5.92. The van der Waals surface area contributed by atoms with Gasteiger partial charge in [-0.15, -0.1) is 24.0 Å². The monoisotopic (exact) mass is 549 g/mol. The highest BCUT2D eigenvalue weighted by Gasteiger charge is 2.17. The number of guanidine groups is 1. The number of aryl methyl sites for hydroxylation is 2. The maximum Gasteiger partial charge on any atom is 0.191 e. The van der Waals surface area contributed by atoms with Crippen LogP contribution >= 0.6 is 24.0 Å². The van der Waals surface area contributed by atoms with E-state index in [0.717, 1.165) is 53.8 Å². The van der Waals surface area contributed by atoms with Gasteiger partial charge in [0, 0.05) is 38.7 Å². The number of ether oxygens (including phenoxy) is 2. The number of nitrogens with zero attached hydrogens (tertiary/aromatic N) is 3. The Morgan fingerprint density at radius 1 is 1.22 bits per heavy atom. The lowest BCUT2D eigenvalue weighted by Crippen LogP contribution is -2.37. The van der Waals surface area contributed by atoms with Gasteiger partial charge in [0.15, 0.2) is 5.96 Å². The maximum absolute atomic E-state index is 6.15. The fourth-order valence-corrected chi connectivity index (χ4v) is 3.78. The van der Waals surface area contributed by atoms with Gasteiger partial charge in [0.1, 0.15) is 11.6 Å². The highest BCUT2D eigenvalue weighted by atomic mass is 127. The molecule has 2 aromatic carbocycles. The lowest BCUT2D eigenvalue weighted by atomic mass is 10.1. The quantitative estimate of drug-likeness (QED) is 0.267. The van der Waals surface area contributed by atoms with E-state index in [4.69, 9.17) is 14.5 Å². The molecule has 1 aliphatic heterocycles. The number of nitrogens with one attached hydrogen (secondary N) is 2. The molecule has 1 unspecified atom stereocenters. The summed E-state index contributed by atoms with van der Waals surface area (Å²) < 4.78 is 13.7. The van der Waals surface area contributed by atoms with Crippen molar-refractivity contribution in [2.75, 3.05) is 26.9 Å². The molecule has 3 aromatic rings. The van der Waals surface area contributed by atoms with Gasteiger partial charge in [-0.1, -0.05) is 24.3 Å². The first kappa shape index (κ1) is 24.3. The summed E-state index contributed by atoms with van der Waals surface area (Å²) in [6.07, 6.45) is 1.07. The Hall–Kier alpha value is -2.33. The van der Waals surface area contributed by atoms with Crippen LogP contribution in [-0.2, 0) is 24.9 Å². The molecular weight excluding hydrogens is 517 g/mol. The van der Waals surface area contributed by atoms with Crippen LogP contribution in [0.1, 0.15) is 23.4 Å². The molecule has 32 heavy (non-hydrogen) atoms. The Bertz CT molecular complexity index is 1060. The van der Waals surface area contributed by atoms with E-state index in [9.17, 15) is 0 Å². The highest BCUT2D eigenvalue weighted by Crippen LogP contribution is 2.22. The topological polar surface area (TPSA) is 72.7 Å². The van der Waals surface area contributed by atoms with Crippen molar-refractivity contribution in [1.29, 1.82) is 0 Å². The minimum Gasteiger partial charge on any atom is -0.493 e. The third-order valence-electron chi connectivity index (χ3n) is 5.68. The second-order valence-electron chi connectivity index (χ2n) is 8.01. The molecule has 1 aliphatic rings. The van der Waals surface area contributed by atoms with Gasteiger partial charge < -0.3 is 24.7 Å². The van der Waals surface area contributed by atoms with Crippen LogP contribution < -0.4 is 15.4 Å². The smallest absolute Gasteiger partial charge is 0.191 e. The zero-order valence-corrected chi connectivity index (χ0v) is 21.3. The van der Waals surface area contributed by atoms with Crippen LogP contribution in [0.4, 0.5) is 0 Å². The summed E-state index contributed by atoms with van der Waals surface area (Å²) in [6, 6.07) is 14.5. The van der Waals surface area contributed by atoms with Gasteiger partial charge in [0.2, 0.25) is 0 Å². The first-order valence-electron chi connectivity index (χ1n) is 10.8. The molecule has 8 heteroatoms. The summed E-state index contributed by atoms with van der Waals surface area (Å²) in [7, 11) is 3.81. The number of hydrogen-bond donors (Lipinski definition) is 2. The summed E-state index contributed by atoms with van der Waals surface area (Å²) in [6.45, 7) is 5.61. The summed E-state index contributed by atoms with van der Waals surface area (Å²) in [5.41, 5.74) is 4.41. The standard InChI is InChI=1S/C24H31N5O2.HI/c1-17-8-9-19(22(12-17)31-16-18-10-11-30-15-18)13-26-24(25-2)27-14-23-28-20-6-4-5-7-21(20)29(23)3;/h4-9,12,18H,10-11,13-16H2,1-3H3,(H2,25,26,27);1H. The molecule has 0 radical (unpaired) electrons. The molecule has 4 rings (SSSR count). The van der Waals surface area contributed by atoms with Gasteiger partial charge in [0.25, 0.3) is 0 Å². The zero-order chi connectivity index (χ0) is 21.6. The lowest BCUT2D eigenvalue weighted by Gasteiger charge is -2.17. The third-order valence-corrected chi connectivity index (χ3v) is 5.68. The molecule has 1 aromatic heterocycles. The predicted molar refractivity (Wildman–Crippen MR) is 139 cm³/mol. The molecular formula is C24H32IN5O2. The van der Waals surface area contributed by atoms with Crippen molar-refractivity contribution in [2.24, 2.45) is 18.0 Å². The van der Waals surface area contributed by atoms with E-state index in [2.05, 4.69) is 51.4 Å². The van der Waals surface area contributed by atoms with Crippen LogP contribution in [-0.4, -0.2) is 42.4 Å². The van der Waals surface area contributed by atoms with E-state index in [-0.39, 0.29) is 24.0 Å². The molecule has 2 N–H and O–H groups in total. The van der Waals surface area contributed by atoms with Crippen molar-refractivity contribution in [1.82, 2.24) is 20.2 Å². The van der Waals surface area contributed by atoms with Crippen molar-refractivity contribution < 1.29 is 9.47 Å². The normalized spacial score (nSPS) is 16.1. The van der Waals surface area contributed by atoms with Crippen LogP contribution in [0.2, 0.25) is 0 Å². The number of imidazole rings is 1. The van der Waals surface area contributed by atoms with E-state index >= 15 is 0 Å². The Kier molecular flexibility index (Phi) is 8.75. The lowest BCUT2D eigenvalue weighted by molar-refractivity contribution is 0.166. The van der Waals surface area contributed by atoms with E-state index in [0.29, 0.717) is 25.6 Å². The van der Waals surface area contributed by atoms with Crippen LogP contribution in [0, 0.1) is 12.8 Å². The SMILES string of the molecule is CN=C(NCc1ccc(C)cc1OCC1CCOC1)NCc1nc2ccccc2n1C.I. The van der Waals surface area contributed by atoms with E-state index in [1.54, 1.807) is 7.05 Å². The molecule has 172 valence electrons. The van der Waals surface area contributed by atoms with E-state index in [1.165, 1.54) is 5.56 Å². The van der Waals surface area contributed by atoms with Gasteiger partial charge in [0.05, 0.1) is 30.8 Å². The largest absolute Gasteiger partial charge is 0.493 e. The van der Waals surface area contributed by atoms with Gasteiger partial charge >= 0.3 is 0 Å². The van der Waals surface area contributed by atoms with Crippen molar-refractivity contribution in [3.63, 3.8) is 0 Å². The van der Waals surface area contributed by atoms with Crippen molar-refractivity contribution in [3.05, 3.63) is 59.4 Å². The number of rotatable bonds is 7. The highest BCUT2D eigenvalue weighted by molar-refractivity contribution is 14.0. The summed E-state index contributed by atoms with van der Waals surface area (Å²) in [4.78, 5) is 9.07. The average Bonchev–Trinajstić information content (AvgIpc) is 3.42. The number of halogens is 1. The number of aliphatic imine (C=N–C) groups is 1. The molecule has 0 saturated carbocycles. The van der Waals surface area contributed by atoms with Gasteiger partial charge in [-0.2, -0.15) is 0 Å². The Morgan fingerprint density at radius 3 is 2.78 bits per heavy atom. The Labute approximate surface area is 206 Å². The second-order valence-corrected chi connectivity index (χ2v) is 8.01. The van der Waals surface area contributed by atoms with Crippen molar-refractivity contribution >= 4 is 41.0 Å². The van der Waals surface area contributed by atoms with E-state index < -0.39 is 0 Å². The van der Waals surface area contributed by atoms with Gasteiger partial charge in [-0.25, -0.2) is 4.98 Å². The van der Waals surface area contributed by atoms with Crippen LogP contribution in [0.15, 0.2) is 47.5 Å². The number of benzene rings is 2. The summed E-state index contributed by atoms with van der Waals surface area (Å²) in [5, 5.41) is 6.76. The fourth-order valence-electron chi connectivity index (χ4n) is 3.78. The molecule has 7 nitrogen and oxygen atoms in total. The molecule has 2 heterocycles. The van der Waals surface area contributed by atoms with E-state index in [1.807, 2.05) is 25.2 Å². The van der Waals surface area contributed by atoms with Crippen LogP contribution in [0.5, 0.6) is 5.75 Å². The zero-order valence-electron chi connectivity index (χ0n) is 18.9. The number of aromatic nitrogens is 2. The number of fused-ring (bicyclic) bond motifs is 1. The van der Waals surface area contributed by atoms with Crippen LogP contribution in [0.25, 0.3) is 11.0 Å². The second kappa shape index (κ2) is 11.5. The van der Waals surface area contributed by atoms with Crippen molar-refractivity contribution in [2.45, 2.75) is 26.4 Å². The minimum atomic E-state index is 0. The minimum absolute atomic E-state index is 0. The molecule has 1 atom stereocenters. The molecule has 1 saturated heterocycles. The molecule has 0 bridgehead atoms. The number of hydrogen-bond acceptors (Lipinski definition) is 4. The van der Waals surface area contributed by atoms with Gasteiger partial charge in [-0.05, 0) is 37.1 Å². The maximum atomic E-state index is 6.15. The average molecular weight is 549 g/mol. The molecule has 1 fully saturated rings. The molecule has 0 aliphatic carbocycles. The Morgan fingerprint density at radius 2 is 2.03 bits per heavy atom. The first-order valence-corrected chi connectivity index (χ1v) is 10.8.